The van der Waals surface area contributed by atoms with Gasteiger partial charge in [0.2, 0.25) is 0 Å². The molecular formula is C31H29IN4O5. The first kappa shape index (κ1) is 29.8. The zero-order valence-electron chi connectivity index (χ0n) is 22.9. The highest BCUT2D eigenvalue weighted by atomic mass is 127. The van der Waals surface area contributed by atoms with Crippen molar-refractivity contribution in [3.05, 3.63) is 103 Å². The second kappa shape index (κ2) is 13.9. The molecule has 0 spiro atoms. The minimum absolute atomic E-state index is 0.0466. The number of pyridine rings is 1. The van der Waals surface area contributed by atoms with Crippen LogP contribution < -0.4 is 20.5 Å². The number of hydrazone groups is 1. The molecule has 4 rings (SSSR count). The number of benzene rings is 3. The number of hydrogen-bond donors (Lipinski definition) is 1. The fraction of sp³-hybridized carbons (Fsp3) is 0.226. The van der Waals surface area contributed by atoms with Gasteiger partial charge in [0.1, 0.15) is 24.8 Å². The number of rotatable bonds is 11. The Morgan fingerprint density at radius 2 is 1.88 bits per heavy atom. The molecule has 0 atom stereocenters. The van der Waals surface area contributed by atoms with Gasteiger partial charge in [-0.25, -0.2) is 5.43 Å². The lowest BCUT2D eigenvalue weighted by Crippen LogP contribution is -2.33. The van der Waals surface area contributed by atoms with Crippen molar-refractivity contribution in [2.45, 2.75) is 33.6 Å². The summed E-state index contributed by atoms with van der Waals surface area (Å²) in [5.74, 6) is 0.682. The van der Waals surface area contributed by atoms with Crippen molar-refractivity contribution in [1.82, 2.24) is 9.99 Å². The normalized spacial score (nSPS) is 11.0. The van der Waals surface area contributed by atoms with E-state index < -0.39 is 11.5 Å². The number of aryl methyl sites for hydroxylation is 1. The van der Waals surface area contributed by atoms with Gasteiger partial charge in [0.05, 0.1) is 23.0 Å². The number of nitriles is 1. The molecule has 1 heterocycles. The van der Waals surface area contributed by atoms with Crippen LogP contribution in [0.3, 0.4) is 0 Å². The number of carbonyl (C=O) groups excluding carboxylic acids is 1. The van der Waals surface area contributed by atoms with E-state index in [4.69, 9.17) is 14.2 Å². The van der Waals surface area contributed by atoms with Crippen molar-refractivity contribution in [1.29, 1.82) is 5.26 Å². The number of ether oxygens (including phenoxy) is 3. The van der Waals surface area contributed by atoms with Crippen LogP contribution in [0.4, 0.5) is 0 Å². The molecule has 0 aliphatic rings. The van der Waals surface area contributed by atoms with Gasteiger partial charge in [0.15, 0.2) is 11.5 Å². The van der Waals surface area contributed by atoms with Crippen molar-refractivity contribution < 1.29 is 19.0 Å². The Bertz CT molecular complexity index is 1710. The Balaban J connectivity index is 1.45. The maximum absolute atomic E-state index is 12.8. The molecule has 0 aliphatic carbocycles. The average Bonchev–Trinajstić information content (AvgIpc) is 2.95. The van der Waals surface area contributed by atoms with Gasteiger partial charge in [0.25, 0.3) is 11.5 Å². The summed E-state index contributed by atoms with van der Waals surface area (Å²) < 4.78 is 19.1. The summed E-state index contributed by atoms with van der Waals surface area (Å²) in [5, 5.41) is 15.8. The molecule has 0 aliphatic heterocycles. The predicted molar refractivity (Wildman–Crippen MR) is 165 cm³/mol. The van der Waals surface area contributed by atoms with Gasteiger partial charge in [0, 0.05) is 18.4 Å². The quantitative estimate of drug-likeness (QED) is 0.136. The summed E-state index contributed by atoms with van der Waals surface area (Å²) >= 11 is 2.18. The highest BCUT2D eigenvalue weighted by molar-refractivity contribution is 14.1. The Morgan fingerprint density at radius 3 is 2.61 bits per heavy atom. The van der Waals surface area contributed by atoms with E-state index in [1.54, 1.807) is 19.1 Å². The molecule has 1 amide bonds. The molecule has 3 aromatic carbocycles. The van der Waals surface area contributed by atoms with Gasteiger partial charge in [-0.2, -0.15) is 10.4 Å². The molecule has 0 bridgehead atoms. The Hall–Kier alpha value is -4.21. The zero-order chi connectivity index (χ0) is 29.4. The van der Waals surface area contributed by atoms with Crippen molar-refractivity contribution in [2.75, 3.05) is 13.7 Å². The third-order valence-corrected chi connectivity index (χ3v) is 7.04. The molecule has 1 N–H and O–H groups in total. The molecule has 4 aromatic rings. The Labute approximate surface area is 251 Å². The fourth-order valence-electron chi connectivity index (χ4n) is 4.33. The number of methoxy groups -OCH3 is 1. The lowest BCUT2D eigenvalue weighted by Gasteiger charge is -2.15. The fourth-order valence-corrected chi connectivity index (χ4v) is 5.11. The maximum Gasteiger partial charge on any atom is 0.269 e. The molecular weight excluding hydrogens is 635 g/mol. The van der Waals surface area contributed by atoms with Gasteiger partial charge in [-0.15, -0.1) is 0 Å². The highest BCUT2D eigenvalue weighted by Crippen LogP contribution is 2.34. The third kappa shape index (κ3) is 7.31. The Morgan fingerprint density at radius 1 is 1.10 bits per heavy atom. The topological polar surface area (TPSA) is 115 Å². The third-order valence-electron chi connectivity index (χ3n) is 6.23. The first-order valence-electron chi connectivity index (χ1n) is 12.9. The van der Waals surface area contributed by atoms with Crippen LogP contribution in [-0.2, 0) is 29.3 Å². The van der Waals surface area contributed by atoms with Crippen LogP contribution in [0.15, 0.2) is 70.6 Å². The Kier molecular flexibility index (Phi) is 10.1. The van der Waals surface area contributed by atoms with Crippen LogP contribution in [0.1, 0.15) is 34.9 Å². The first-order chi connectivity index (χ1) is 19.8. The van der Waals surface area contributed by atoms with Crippen molar-refractivity contribution in [3.63, 3.8) is 0 Å². The predicted octanol–water partition coefficient (Wildman–Crippen LogP) is 5.06. The minimum atomic E-state index is -0.547. The maximum atomic E-state index is 12.8. The number of amides is 1. The molecule has 1 aromatic heterocycles. The van der Waals surface area contributed by atoms with E-state index in [0.717, 1.165) is 14.5 Å². The molecule has 0 fully saturated rings. The van der Waals surface area contributed by atoms with E-state index in [2.05, 4.69) is 57.4 Å². The standard InChI is InChI=1S/C31H29IN4O5/c1-4-40-28-14-22(13-27(32)30(28)41-18-21-9-10-23-7-5-6-8-24(23)12-21)16-34-35-29(37)17-36-20(2)11-25(19-39-3)26(15-33)31(36)38/h5-14,16H,4,17-19H2,1-3H3,(H,35,37)/b34-16-. The molecule has 210 valence electrons. The van der Waals surface area contributed by atoms with Crippen molar-refractivity contribution in [3.8, 4) is 17.6 Å². The van der Waals surface area contributed by atoms with Crippen molar-refractivity contribution >= 4 is 45.5 Å². The average molecular weight is 664 g/mol. The van der Waals surface area contributed by atoms with Gasteiger partial charge in [-0.05, 0) is 82.6 Å². The first-order valence-corrected chi connectivity index (χ1v) is 13.9. The second-order valence-corrected chi connectivity index (χ2v) is 10.3. The summed E-state index contributed by atoms with van der Waals surface area (Å²) in [4.78, 5) is 25.3. The van der Waals surface area contributed by atoms with Crippen LogP contribution in [0, 0.1) is 21.8 Å². The number of aromatic nitrogens is 1. The van der Waals surface area contributed by atoms with E-state index in [0.29, 0.717) is 41.5 Å². The number of halogens is 1. The van der Waals surface area contributed by atoms with E-state index in [1.807, 2.05) is 37.3 Å². The molecule has 41 heavy (non-hydrogen) atoms. The van der Waals surface area contributed by atoms with Gasteiger partial charge in [-0.1, -0.05) is 36.4 Å². The highest BCUT2D eigenvalue weighted by Gasteiger charge is 2.15. The van der Waals surface area contributed by atoms with Crippen LogP contribution >= 0.6 is 22.6 Å². The van der Waals surface area contributed by atoms with Gasteiger partial charge >= 0.3 is 0 Å². The van der Waals surface area contributed by atoms with Crippen LogP contribution in [0.5, 0.6) is 11.5 Å². The van der Waals surface area contributed by atoms with E-state index in [-0.39, 0.29) is 18.7 Å². The summed E-state index contributed by atoms with van der Waals surface area (Å²) in [6.07, 6.45) is 1.49. The molecule has 0 saturated carbocycles. The second-order valence-electron chi connectivity index (χ2n) is 9.15. The number of fused-ring (bicyclic) bond motifs is 1. The van der Waals surface area contributed by atoms with E-state index in [1.165, 1.54) is 23.3 Å². The van der Waals surface area contributed by atoms with Gasteiger partial charge < -0.3 is 18.8 Å². The monoisotopic (exact) mass is 664 g/mol. The zero-order valence-corrected chi connectivity index (χ0v) is 25.1. The van der Waals surface area contributed by atoms with Crippen molar-refractivity contribution in [2.24, 2.45) is 5.10 Å². The number of nitrogens with one attached hydrogen (secondary N) is 1. The van der Waals surface area contributed by atoms with Crippen LogP contribution in [0.2, 0.25) is 0 Å². The van der Waals surface area contributed by atoms with E-state index >= 15 is 0 Å². The van der Waals surface area contributed by atoms with Gasteiger partial charge in [-0.3, -0.25) is 9.59 Å². The SMILES string of the molecule is CCOc1cc(/C=N\NC(=O)Cn2c(C)cc(COC)c(C#N)c2=O)cc(I)c1OCc1ccc2ccccc2c1. The summed E-state index contributed by atoms with van der Waals surface area (Å²) in [5.41, 5.74) is 4.61. The number of carbonyl (C=O) groups is 1. The number of hydrogen-bond acceptors (Lipinski definition) is 7. The smallest absolute Gasteiger partial charge is 0.269 e. The summed E-state index contributed by atoms with van der Waals surface area (Å²) in [6.45, 7) is 4.26. The van der Waals surface area contributed by atoms with Crippen LogP contribution in [-0.4, -0.2) is 30.4 Å². The van der Waals surface area contributed by atoms with E-state index in [9.17, 15) is 14.9 Å². The molecule has 10 heteroatoms. The largest absolute Gasteiger partial charge is 0.490 e. The molecule has 0 saturated heterocycles. The minimum Gasteiger partial charge on any atom is -0.490 e. The summed E-state index contributed by atoms with van der Waals surface area (Å²) in [7, 11) is 1.48. The summed E-state index contributed by atoms with van der Waals surface area (Å²) in [6, 6.07) is 21.6. The molecule has 0 unspecified atom stereocenters. The number of nitrogens with zero attached hydrogens (tertiary/aromatic N) is 3. The van der Waals surface area contributed by atoms with Crippen LogP contribution in [0.25, 0.3) is 10.8 Å². The lowest BCUT2D eigenvalue weighted by molar-refractivity contribution is -0.121. The molecule has 0 radical (unpaired) electrons. The molecule has 9 nitrogen and oxygen atoms in total. The lowest BCUT2D eigenvalue weighted by atomic mass is 10.1.